The Morgan fingerprint density at radius 1 is 0.963 bits per heavy atom. The molecule has 0 heterocycles. The zero-order chi connectivity index (χ0) is 19.6. The van der Waals surface area contributed by atoms with Crippen LogP contribution in [0.2, 0.25) is 0 Å². The van der Waals surface area contributed by atoms with Crippen molar-refractivity contribution in [2.45, 2.75) is 13.3 Å². The second-order valence-corrected chi connectivity index (χ2v) is 5.73. The third kappa shape index (κ3) is 6.23. The van der Waals surface area contributed by atoms with Gasteiger partial charge in [-0.15, -0.1) is 0 Å². The van der Waals surface area contributed by atoms with Crippen molar-refractivity contribution in [1.82, 2.24) is 5.32 Å². The molecule has 0 bridgehead atoms. The van der Waals surface area contributed by atoms with Crippen LogP contribution in [0, 0.1) is 0 Å². The molecule has 0 aliphatic carbocycles. The number of carboxylic acid groups (broad SMARTS) is 1. The first kappa shape index (κ1) is 20.1. The zero-order valence-corrected chi connectivity index (χ0v) is 15.0. The fourth-order valence-corrected chi connectivity index (χ4v) is 2.36. The number of hydrogen-bond acceptors (Lipinski definition) is 4. The van der Waals surface area contributed by atoms with Gasteiger partial charge < -0.3 is 20.5 Å². The number of amides is 2. The lowest BCUT2D eigenvalue weighted by molar-refractivity contribution is 0.0696. The highest BCUT2D eigenvalue weighted by Gasteiger charge is 2.11. The lowest BCUT2D eigenvalue weighted by Crippen LogP contribution is -2.25. The van der Waals surface area contributed by atoms with E-state index < -0.39 is 11.9 Å². The van der Waals surface area contributed by atoms with Crippen molar-refractivity contribution in [2.75, 3.05) is 25.1 Å². The van der Waals surface area contributed by atoms with E-state index in [2.05, 4.69) is 10.6 Å². The summed E-state index contributed by atoms with van der Waals surface area (Å²) in [4.78, 5) is 35.5. The van der Waals surface area contributed by atoms with Gasteiger partial charge in [0.25, 0.3) is 11.8 Å². The van der Waals surface area contributed by atoms with Gasteiger partial charge >= 0.3 is 5.97 Å². The average Bonchev–Trinajstić information content (AvgIpc) is 2.68. The summed E-state index contributed by atoms with van der Waals surface area (Å²) in [6.45, 7) is 3.64. The second-order valence-electron chi connectivity index (χ2n) is 5.73. The zero-order valence-electron chi connectivity index (χ0n) is 15.0. The van der Waals surface area contributed by atoms with Gasteiger partial charge in [-0.3, -0.25) is 9.59 Å². The summed E-state index contributed by atoms with van der Waals surface area (Å²) in [6.07, 6.45) is 0.718. The average molecular weight is 370 g/mol. The second kappa shape index (κ2) is 10.1. The molecule has 0 aromatic heterocycles. The van der Waals surface area contributed by atoms with Gasteiger partial charge in [0.15, 0.2) is 0 Å². The molecule has 2 aromatic carbocycles. The molecule has 0 atom stereocenters. The van der Waals surface area contributed by atoms with E-state index in [0.29, 0.717) is 31.0 Å². The van der Waals surface area contributed by atoms with Gasteiger partial charge in [0.1, 0.15) is 0 Å². The molecule has 0 aliphatic heterocycles. The molecule has 7 heteroatoms. The minimum atomic E-state index is -1.10. The van der Waals surface area contributed by atoms with E-state index in [0.717, 1.165) is 6.42 Å². The van der Waals surface area contributed by atoms with Crippen molar-refractivity contribution in [3.8, 4) is 0 Å². The number of aromatic carboxylic acids is 1. The fourth-order valence-electron chi connectivity index (χ4n) is 2.36. The van der Waals surface area contributed by atoms with Crippen LogP contribution in [0.25, 0.3) is 0 Å². The molecule has 27 heavy (non-hydrogen) atoms. The van der Waals surface area contributed by atoms with Crippen LogP contribution >= 0.6 is 0 Å². The Morgan fingerprint density at radius 2 is 1.63 bits per heavy atom. The third-order valence-corrected chi connectivity index (χ3v) is 3.71. The third-order valence-electron chi connectivity index (χ3n) is 3.71. The van der Waals surface area contributed by atoms with E-state index in [9.17, 15) is 14.4 Å². The van der Waals surface area contributed by atoms with Crippen LogP contribution in [-0.2, 0) is 4.74 Å². The molecule has 0 saturated heterocycles. The quantitative estimate of drug-likeness (QED) is 0.589. The fraction of sp³-hybridized carbons (Fsp3) is 0.250. The Balaban J connectivity index is 1.98. The van der Waals surface area contributed by atoms with Gasteiger partial charge in [0.2, 0.25) is 0 Å². The molecule has 0 fully saturated rings. The van der Waals surface area contributed by atoms with Crippen LogP contribution < -0.4 is 10.6 Å². The first-order valence-corrected chi connectivity index (χ1v) is 8.62. The molecule has 142 valence electrons. The smallest absolute Gasteiger partial charge is 0.335 e. The van der Waals surface area contributed by atoms with Crippen LogP contribution in [0.15, 0.2) is 48.5 Å². The lowest BCUT2D eigenvalue weighted by atomic mass is 10.1. The van der Waals surface area contributed by atoms with Crippen molar-refractivity contribution in [3.05, 3.63) is 65.2 Å². The Labute approximate surface area is 157 Å². The van der Waals surface area contributed by atoms with Crippen LogP contribution in [-0.4, -0.2) is 42.6 Å². The molecule has 7 nitrogen and oxygen atoms in total. The van der Waals surface area contributed by atoms with E-state index in [-0.39, 0.29) is 17.0 Å². The van der Waals surface area contributed by atoms with Crippen LogP contribution in [0.3, 0.4) is 0 Å². The van der Waals surface area contributed by atoms with Crippen molar-refractivity contribution >= 4 is 23.5 Å². The number of hydrogen-bond donors (Lipinski definition) is 3. The summed E-state index contributed by atoms with van der Waals surface area (Å²) in [5.41, 5.74) is 1.12. The molecule has 0 aliphatic rings. The first-order valence-electron chi connectivity index (χ1n) is 8.62. The summed E-state index contributed by atoms with van der Waals surface area (Å²) in [6, 6.07) is 12.3. The van der Waals surface area contributed by atoms with Crippen LogP contribution in [0.1, 0.15) is 44.4 Å². The molecule has 2 rings (SSSR count). The summed E-state index contributed by atoms with van der Waals surface area (Å²) >= 11 is 0. The summed E-state index contributed by atoms with van der Waals surface area (Å²) in [5.74, 6) is -1.80. The molecule has 0 saturated carbocycles. The van der Waals surface area contributed by atoms with E-state index in [1.165, 1.54) is 24.3 Å². The molecule has 2 amide bonds. The number of carbonyl (C=O) groups excluding carboxylic acids is 2. The van der Waals surface area contributed by atoms with Gasteiger partial charge in [-0.1, -0.05) is 12.1 Å². The Bertz CT molecular complexity index is 820. The topological polar surface area (TPSA) is 105 Å². The van der Waals surface area contributed by atoms with Crippen molar-refractivity contribution in [2.24, 2.45) is 0 Å². The maximum absolute atomic E-state index is 12.3. The predicted octanol–water partition coefficient (Wildman–Crippen LogP) is 2.79. The molecule has 3 N–H and O–H groups in total. The summed E-state index contributed by atoms with van der Waals surface area (Å²) in [5, 5.41) is 14.5. The molecule has 0 unspecified atom stereocenters. The number of benzene rings is 2. The highest BCUT2D eigenvalue weighted by molar-refractivity contribution is 6.06. The van der Waals surface area contributed by atoms with Crippen molar-refractivity contribution < 1.29 is 24.2 Å². The SMILES string of the molecule is CCOCCCNC(=O)c1cccc(NC(=O)c2cccc(C(=O)O)c2)c1. The number of carboxylic acids is 1. The molecule has 2 aromatic rings. The Kier molecular flexibility index (Phi) is 7.51. The number of anilines is 1. The lowest BCUT2D eigenvalue weighted by Gasteiger charge is -2.09. The monoisotopic (exact) mass is 370 g/mol. The van der Waals surface area contributed by atoms with Gasteiger partial charge in [-0.05, 0) is 49.7 Å². The predicted molar refractivity (Wildman–Crippen MR) is 101 cm³/mol. The summed E-state index contributed by atoms with van der Waals surface area (Å²) in [7, 11) is 0. The van der Waals surface area contributed by atoms with Crippen molar-refractivity contribution in [3.63, 3.8) is 0 Å². The summed E-state index contributed by atoms with van der Waals surface area (Å²) < 4.78 is 5.21. The maximum Gasteiger partial charge on any atom is 0.335 e. The van der Waals surface area contributed by atoms with E-state index in [4.69, 9.17) is 9.84 Å². The van der Waals surface area contributed by atoms with Gasteiger partial charge in [-0.25, -0.2) is 4.79 Å². The van der Waals surface area contributed by atoms with Gasteiger partial charge in [0, 0.05) is 36.6 Å². The van der Waals surface area contributed by atoms with Gasteiger partial charge in [0.05, 0.1) is 5.56 Å². The molecule has 0 radical (unpaired) electrons. The Hall–Kier alpha value is -3.19. The van der Waals surface area contributed by atoms with Crippen LogP contribution in [0.4, 0.5) is 5.69 Å². The molecular formula is C20H22N2O5. The normalized spacial score (nSPS) is 10.3. The number of rotatable bonds is 9. The minimum absolute atomic E-state index is 0.0304. The standard InChI is InChI=1S/C20H22N2O5/c1-2-27-11-5-10-21-18(23)15-7-4-9-17(13-15)22-19(24)14-6-3-8-16(12-14)20(25)26/h3-4,6-9,12-13H,2,5,10-11H2,1H3,(H,21,23)(H,22,24)(H,25,26). The maximum atomic E-state index is 12.3. The molecular weight excluding hydrogens is 348 g/mol. The van der Waals surface area contributed by atoms with E-state index >= 15 is 0 Å². The van der Waals surface area contributed by atoms with Crippen molar-refractivity contribution in [1.29, 1.82) is 0 Å². The number of nitrogens with one attached hydrogen (secondary N) is 2. The van der Waals surface area contributed by atoms with E-state index in [1.807, 2.05) is 6.92 Å². The van der Waals surface area contributed by atoms with Gasteiger partial charge in [-0.2, -0.15) is 0 Å². The molecule has 0 spiro atoms. The number of carbonyl (C=O) groups is 3. The minimum Gasteiger partial charge on any atom is -0.478 e. The number of ether oxygens (including phenoxy) is 1. The first-order chi connectivity index (χ1) is 13.0. The van der Waals surface area contributed by atoms with E-state index in [1.54, 1.807) is 24.3 Å². The highest BCUT2D eigenvalue weighted by atomic mass is 16.5. The highest BCUT2D eigenvalue weighted by Crippen LogP contribution is 2.13. The largest absolute Gasteiger partial charge is 0.478 e. The van der Waals surface area contributed by atoms with Crippen LogP contribution in [0.5, 0.6) is 0 Å². The Morgan fingerprint density at radius 3 is 2.33 bits per heavy atom.